The highest BCUT2D eigenvalue weighted by Gasteiger charge is 2.26. The highest BCUT2D eigenvalue weighted by Crippen LogP contribution is 2.36. The van der Waals surface area contributed by atoms with Crippen molar-refractivity contribution in [2.24, 2.45) is 0 Å². The molecule has 1 atom stereocenters. The number of nitriles is 1. The van der Waals surface area contributed by atoms with Crippen LogP contribution in [0.3, 0.4) is 0 Å². The largest absolute Gasteiger partial charge is 0.382 e. The monoisotopic (exact) mass is 456 g/mol. The number of anilines is 2. The number of nitrogens with one attached hydrogen (secondary N) is 2. The van der Waals surface area contributed by atoms with Crippen LogP contribution in [0.4, 0.5) is 16.0 Å². The van der Waals surface area contributed by atoms with Crippen molar-refractivity contribution in [2.45, 2.75) is 19.9 Å². The molecule has 0 spiro atoms. The fourth-order valence-electron chi connectivity index (χ4n) is 3.71. The Bertz CT molecular complexity index is 1420. The van der Waals surface area contributed by atoms with Gasteiger partial charge in [0.15, 0.2) is 0 Å². The molecule has 4 rings (SSSR count). The minimum absolute atomic E-state index is 0.0436. The number of nitrogens with zero attached hydrogens (tertiary/aromatic N) is 5. The van der Waals surface area contributed by atoms with Gasteiger partial charge >= 0.3 is 0 Å². The van der Waals surface area contributed by atoms with Crippen LogP contribution in [0, 0.1) is 17.1 Å². The van der Waals surface area contributed by atoms with Crippen molar-refractivity contribution < 1.29 is 9.18 Å². The van der Waals surface area contributed by atoms with E-state index < -0.39 is 11.9 Å². The Labute approximate surface area is 194 Å². The van der Waals surface area contributed by atoms with Gasteiger partial charge in [-0.25, -0.2) is 19.3 Å². The van der Waals surface area contributed by atoms with Gasteiger partial charge in [0.2, 0.25) is 0 Å². The molecule has 3 heterocycles. The van der Waals surface area contributed by atoms with Crippen molar-refractivity contribution in [1.29, 1.82) is 5.26 Å². The van der Waals surface area contributed by atoms with Gasteiger partial charge in [-0.3, -0.25) is 9.78 Å². The molecule has 9 nitrogen and oxygen atoms in total. The fraction of sp³-hybridized carbons (Fsp3) is 0.167. The van der Waals surface area contributed by atoms with Crippen LogP contribution in [0.1, 0.15) is 41.5 Å². The third-order valence-electron chi connectivity index (χ3n) is 5.21. The molecule has 4 aromatic rings. The van der Waals surface area contributed by atoms with Crippen LogP contribution in [0.25, 0.3) is 22.2 Å². The molecule has 3 aromatic heterocycles. The standard InChI is InChI=1S/C24H21FN8O/c1-3-28-24(34)19-15-10-14(25)7-8-17(15)33-21(20(19)18-6-4-5-9-29-18)13(2)32-23-16(11-26)22(27)30-12-31-23/h4-10,12-13H,3H2,1-2H3,(H,28,34)(H3,27,30,31,32)/t13-/m0/s1. The topological polar surface area (TPSA) is 142 Å². The predicted octanol–water partition coefficient (Wildman–Crippen LogP) is 3.60. The van der Waals surface area contributed by atoms with E-state index in [9.17, 15) is 14.4 Å². The van der Waals surface area contributed by atoms with Gasteiger partial charge in [-0.15, -0.1) is 0 Å². The summed E-state index contributed by atoms with van der Waals surface area (Å²) in [4.78, 5) is 30.5. The molecule has 4 N–H and O–H groups in total. The average molecular weight is 456 g/mol. The number of nitrogens with two attached hydrogens (primary N) is 1. The number of halogens is 1. The van der Waals surface area contributed by atoms with Crippen LogP contribution in [0.5, 0.6) is 0 Å². The first-order valence-electron chi connectivity index (χ1n) is 10.5. The molecule has 0 unspecified atom stereocenters. The summed E-state index contributed by atoms with van der Waals surface area (Å²) in [5.41, 5.74) is 8.04. The Morgan fingerprint density at radius 3 is 2.76 bits per heavy atom. The Hall–Kier alpha value is -4.65. The molecule has 170 valence electrons. The molecular weight excluding hydrogens is 435 g/mol. The summed E-state index contributed by atoms with van der Waals surface area (Å²) in [5.74, 6) is -0.586. The number of carbonyl (C=O) groups excluding carboxylic acids is 1. The molecule has 0 aliphatic carbocycles. The highest BCUT2D eigenvalue weighted by atomic mass is 19.1. The molecule has 1 amide bonds. The van der Waals surface area contributed by atoms with Crippen LogP contribution in [-0.4, -0.2) is 32.4 Å². The zero-order chi connectivity index (χ0) is 24.2. The van der Waals surface area contributed by atoms with Crippen molar-refractivity contribution in [2.75, 3.05) is 17.6 Å². The lowest BCUT2D eigenvalue weighted by Crippen LogP contribution is -2.25. The molecule has 0 radical (unpaired) electrons. The quantitative estimate of drug-likeness (QED) is 0.399. The summed E-state index contributed by atoms with van der Waals surface area (Å²) in [6, 6.07) is 10.9. The first-order valence-corrected chi connectivity index (χ1v) is 10.5. The van der Waals surface area contributed by atoms with Gasteiger partial charge in [0, 0.05) is 23.7 Å². The second kappa shape index (κ2) is 9.46. The summed E-state index contributed by atoms with van der Waals surface area (Å²) in [7, 11) is 0. The van der Waals surface area contributed by atoms with Gasteiger partial charge in [-0.2, -0.15) is 5.26 Å². The summed E-state index contributed by atoms with van der Waals surface area (Å²) < 4.78 is 14.2. The van der Waals surface area contributed by atoms with E-state index in [2.05, 4.69) is 25.6 Å². The number of hydrogen-bond donors (Lipinski definition) is 3. The van der Waals surface area contributed by atoms with Crippen molar-refractivity contribution in [3.05, 3.63) is 71.6 Å². The Morgan fingerprint density at radius 2 is 2.06 bits per heavy atom. The fourth-order valence-corrected chi connectivity index (χ4v) is 3.71. The van der Waals surface area contributed by atoms with Gasteiger partial charge < -0.3 is 16.4 Å². The zero-order valence-electron chi connectivity index (χ0n) is 18.5. The maximum atomic E-state index is 14.2. The molecule has 1 aromatic carbocycles. The third kappa shape index (κ3) is 4.19. The van der Waals surface area contributed by atoms with E-state index in [1.165, 1.54) is 24.5 Å². The van der Waals surface area contributed by atoms with E-state index in [-0.39, 0.29) is 28.7 Å². The second-order valence-corrected chi connectivity index (χ2v) is 7.44. The van der Waals surface area contributed by atoms with E-state index in [0.717, 1.165) is 0 Å². The van der Waals surface area contributed by atoms with Gasteiger partial charge in [-0.1, -0.05) is 6.07 Å². The summed E-state index contributed by atoms with van der Waals surface area (Å²) in [5, 5.41) is 15.8. The van der Waals surface area contributed by atoms with Crippen LogP contribution in [0.15, 0.2) is 48.9 Å². The SMILES string of the molecule is CCNC(=O)c1c(-c2ccccn2)c([C@H](C)Nc2ncnc(N)c2C#N)nc2ccc(F)cc12. The number of benzene rings is 1. The molecule has 0 saturated carbocycles. The number of hydrogen-bond acceptors (Lipinski definition) is 8. The van der Waals surface area contributed by atoms with Gasteiger partial charge in [0.25, 0.3) is 5.91 Å². The maximum absolute atomic E-state index is 14.2. The minimum atomic E-state index is -0.541. The van der Waals surface area contributed by atoms with E-state index >= 15 is 0 Å². The highest BCUT2D eigenvalue weighted by molar-refractivity contribution is 6.11. The minimum Gasteiger partial charge on any atom is -0.382 e. The van der Waals surface area contributed by atoms with Crippen LogP contribution in [0.2, 0.25) is 0 Å². The Morgan fingerprint density at radius 1 is 1.24 bits per heavy atom. The Balaban J connectivity index is 1.99. The predicted molar refractivity (Wildman–Crippen MR) is 126 cm³/mol. The van der Waals surface area contributed by atoms with E-state index in [4.69, 9.17) is 10.7 Å². The lowest BCUT2D eigenvalue weighted by molar-refractivity contribution is 0.0958. The zero-order valence-corrected chi connectivity index (χ0v) is 18.5. The lowest BCUT2D eigenvalue weighted by atomic mass is 9.94. The third-order valence-corrected chi connectivity index (χ3v) is 5.21. The number of fused-ring (bicyclic) bond motifs is 1. The molecule has 0 saturated heterocycles. The van der Waals surface area contributed by atoms with Crippen LogP contribution in [-0.2, 0) is 0 Å². The van der Waals surface area contributed by atoms with Crippen LogP contribution < -0.4 is 16.4 Å². The maximum Gasteiger partial charge on any atom is 0.252 e. The molecule has 0 aliphatic heterocycles. The average Bonchev–Trinajstić information content (AvgIpc) is 2.83. The number of pyridine rings is 2. The lowest BCUT2D eigenvalue weighted by Gasteiger charge is -2.22. The Kier molecular flexibility index (Phi) is 6.27. The number of amides is 1. The summed E-state index contributed by atoms with van der Waals surface area (Å²) in [6.07, 6.45) is 2.86. The molecule has 0 aliphatic rings. The number of aromatic nitrogens is 4. The molecule has 34 heavy (non-hydrogen) atoms. The van der Waals surface area contributed by atoms with Crippen molar-refractivity contribution >= 4 is 28.4 Å². The second-order valence-electron chi connectivity index (χ2n) is 7.44. The van der Waals surface area contributed by atoms with E-state index in [0.29, 0.717) is 34.4 Å². The van der Waals surface area contributed by atoms with Crippen molar-refractivity contribution in [1.82, 2.24) is 25.3 Å². The van der Waals surface area contributed by atoms with Gasteiger partial charge in [-0.05, 0) is 44.2 Å². The first-order chi connectivity index (χ1) is 16.4. The number of carbonyl (C=O) groups is 1. The molecule has 0 bridgehead atoms. The smallest absolute Gasteiger partial charge is 0.252 e. The molecule has 0 fully saturated rings. The first kappa shape index (κ1) is 22.5. The van der Waals surface area contributed by atoms with Gasteiger partial charge in [0.1, 0.15) is 35.4 Å². The van der Waals surface area contributed by atoms with Crippen molar-refractivity contribution in [3.8, 4) is 17.3 Å². The summed E-state index contributed by atoms with van der Waals surface area (Å²) in [6.45, 7) is 4.00. The molecule has 10 heteroatoms. The van der Waals surface area contributed by atoms with E-state index in [1.54, 1.807) is 31.3 Å². The van der Waals surface area contributed by atoms with Crippen LogP contribution >= 0.6 is 0 Å². The van der Waals surface area contributed by atoms with Crippen molar-refractivity contribution in [3.63, 3.8) is 0 Å². The number of rotatable bonds is 6. The normalized spacial score (nSPS) is 11.6. The molecular formula is C24H21FN8O. The number of nitrogen functional groups attached to an aromatic ring is 1. The van der Waals surface area contributed by atoms with E-state index in [1.807, 2.05) is 13.0 Å². The summed E-state index contributed by atoms with van der Waals surface area (Å²) >= 11 is 0. The van der Waals surface area contributed by atoms with Gasteiger partial charge in [0.05, 0.1) is 28.5 Å².